The van der Waals surface area contributed by atoms with E-state index in [1.165, 1.54) is 23.1 Å². The zero-order chi connectivity index (χ0) is 17.4. The lowest BCUT2D eigenvalue weighted by atomic mass is 10.2. The van der Waals surface area contributed by atoms with Gasteiger partial charge in [-0.05, 0) is 42.2 Å². The van der Waals surface area contributed by atoms with Crippen molar-refractivity contribution in [1.29, 1.82) is 0 Å². The number of aromatic nitrogens is 2. The van der Waals surface area contributed by atoms with Gasteiger partial charge in [0.2, 0.25) is 0 Å². The molecular weight excluding hydrogens is 350 g/mol. The van der Waals surface area contributed by atoms with Gasteiger partial charge in [-0.1, -0.05) is 42.1 Å². The number of hydrogen-bond acceptors (Lipinski definition) is 5. The summed E-state index contributed by atoms with van der Waals surface area (Å²) in [6.45, 7) is 0. The minimum atomic E-state index is -0.0497. The molecule has 0 amide bonds. The Bertz CT molecular complexity index is 1100. The van der Waals surface area contributed by atoms with Gasteiger partial charge in [0.05, 0.1) is 11.2 Å². The Kier molecular flexibility index (Phi) is 4.07. The van der Waals surface area contributed by atoms with E-state index >= 15 is 0 Å². The molecule has 0 aliphatic heterocycles. The SMILES string of the molecule is CSc1nc2cc(-c3ccccc3)sc2c(=O)n1-c1ccc(N)cc1. The molecule has 0 fully saturated rings. The van der Waals surface area contributed by atoms with E-state index < -0.39 is 0 Å². The van der Waals surface area contributed by atoms with E-state index in [9.17, 15) is 4.79 Å². The van der Waals surface area contributed by atoms with Gasteiger partial charge in [-0.15, -0.1) is 11.3 Å². The van der Waals surface area contributed by atoms with Crippen LogP contribution in [0.3, 0.4) is 0 Å². The van der Waals surface area contributed by atoms with Crippen molar-refractivity contribution in [2.75, 3.05) is 12.0 Å². The van der Waals surface area contributed by atoms with Gasteiger partial charge in [0.15, 0.2) is 5.16 Å². The predicted molar refractivity (Wildman–Crippen MR) is 107 cm³/mol. The predicted octanol–water partition coefficient (Wildman–Crippen LogP) is 4.42. The first-order valence-corrected chi connectivity index (χ1v) is 9.73. The molecule has 6 heteroatoms. The van der Waals surface area contributed by atoms with Gasteiger partial charge in [-0.2, -0.15) is 0 Å². The lowest BCUT2D eigenvalue weighted by Crippen LogP contribution is -2.20. The van der Waals surface area contributed by atoms with Crippen LogP contribution in [0.2, 0.25) is 0 Å². The number of hydrogen-bond donors (Lipinski definition) is 1. The van der Waals surface area contributed by atoms with Crippen LogP contribution >= 0.6 is 23.1 Å². The highest BCUT2D eigenvalue weighted by Crippen LogP contribution is 2.32. The summed E-state index contributed by atoms with van der Waals surface area (Å²) < 4.78 is 2.31. The molecule has 2 aromatic carbocycles. The van der Waals surface area contributed by atoms with E-state index in [0.717, 1.165) is 21.6 Å². The Morgan fingerprint density at radius 3 is 2.48 bits per heavy atom. The number of thiophene rings is 1. The van der Waals surface area contributed by atoms with Crippen LogP contribution in [0, 0.1) is 0 Å². The summed E-state index contributed by atoms with van der Waals surface area (Å²) in [4.78, 5) is 18.9. The van der Waals surface area contributed by atoms with Crippen LogP contribution in [-0.4, -0.2) is 15.8 Å². The highest BCUT2D eigenvalue weighted by Gasteiger charge is 2.15. The van der Waals surface area contributed by atoms with Crippen molar-refractivity contribution in [1.82, 2.24) is 9.55 Å². The lowest BCUT2D eigenvalue weighted by molar-refractivity contribution is 0.824. The number of fused-ring (bicyclic) bond motifs is 1. The molecule has 25 heavy (non-hydrogen) atoms. The molecule has 0 radical (unpaired) electrons. The van der Waals surface area contributed by atoms with Crippen LogP contribution in [0.15, 0.2) is 70.6 Å². The Balaban J connectivity index is 1.96. The number of nitrogen functional groups attached to an aromatic ring is 1. The van der Waals surface area contributed by atoms with E-state index in [-0.39, 0.29) is 5.56 Å². The van der Waals surface area contributed by atoms with Crippen LogP contribution in [0.4, 0.5) is 5.69 Å². The van der Waals surface area contributed by atoms with Crippen molar-refractivity contribution < 1.29 is 0 Å². The summed E-state index contributed by atoms with van der Waals surface area (Å²) in [7, 11) is 0. The monoisotopic (exact) mass is 365 g/mol. The van der Waals surface area contributed by atoms with Crippen molar-refractivity contribution in [3.63, 3.8) is 0 Å². The van der Waals surface area contributed by atoms with Gasteiger partial charge >= 0.3 is 0 Å². The van der Waals surface area contributed by atoms with Gasteiger partial charge in [0, 0.05) is 10.6 Å². The van der Waals surface area contributed by atoms with Crippen molar-refractivity contribution in [2.45, 2.75) is 5.16 Å². The quantitative estimate of drug-likeness (QED) is 0.332. The fraction of sp³-hybridized carbons (Fsp3) is 0.0526. The summed E-state index contributed by atoms with van der Waals surface area (Å²) >= 11 is 2.93. The minimum absolute atomic E-state index is 0.0497. The molecule has 2 aromatic heterocycles. The normalized spacial score (nSPS) is 11.1. The van der Waals surface area contributed by atoms with E-state index in [0.29, 0.717) is 15.5 Å². The van der Waals surface area contributed by atoms with Crippen LogP contribution in [0.1, 0.15) is 0 Å². The van der Waals surface area contributed by atoms with Crippen molar-refractivity contribution in [3.05, 3.63) is 71.0 Å². The van der Waals surface area contributed by atoms with Crippen LogP contribution in [0.5, 0.6) is 0 Å². The molecule has 4 rings (SSSR count). The second-order valence-corrected chi connectivity index (χ2v) is 7.35. The highest BCUT2D eigenvalue weighted by atomic mass is 32.2. The first kappa shape index (κ1) is 15.9. The largest absolute Gasteiger partial charge is 0.399 e. The molecule has 0 spiro atoms. The number of nitrogens with zero attached hydrogens (tertiary/aromatic N) is 2. The maximum atomic E-state index is 13.1. The summed E-state index contributed by atoms with van der Waals surface area (Å²) in [6, 6.07) is 19.3. The summed E-state index contributed by atoms with van der Waals surface area (Å²) in [5.41, 5.74) is 8.99. The number of thioether (sulfide) groups is 1. The molecule has 124 valence electrons. The van der Waals surface area contributed by atoms with Gasteiger partial charge < -0.3 is 5.73 Å². The molecule has 0 bridgehead atoms. The second kappa shape index (κ2) is 6.38. The average molecular weight is 365 g/mol. The van der Waals surface area contributed by atoms with Crippen molar-refractivity contribution >= 4 is 39.0 Å². The first-order valence-electron chi connectivity index (χ1n) is 7.69. The van der Waals surface area contributed by atoms with Gasteiger partial charge in [-0.3, -0.25) is 9.36 Å². The van der Waals surface area contributed by atoms with Crippen LogP contribution in [-0.2, 0) is 0 Å². The smallest absolute Gasteiger partial charge is 0.276 e. The molecule has 0 saturated carbocycles. The Hall–Kier alpha value is -2.57. The second-order valence-electron chi connectivity index (χ2n) is 5.52. The first-order chi connectivity index (χ1) is 12.2. The summed E-state index contributed by atoms with van der Waals surface area (Å²) in [5, 5.41) is 0.666. The maximum Gasteiger partial charge on any atom is 0.276 e. The third-order valence-electron chi connectivity index (χ3n) is 3.91. The van der Waals surface area contributed by atoms with Gasteiger partial charge in [-0.25, -0.2) is 4.98 Å². The Morgan fingerprint density at radius 2 is 1.80 bits per heavy atom. The maximum absolute atomic E-state index is 13.1. The fourth-order valence-electron chi connectivity index (χ4n) is 2.69. The zero-order valence-electron chi connectivity index (χ0n) is 13.5. The Morgan fingerprint density at radius 1 is 1.08 bits per heavy atom. The van der Waals surface area contributed by atoms with Gasteiger partial charge in [0.25, 0.3) is 5.56 Å². The van der Waals surface area contributed by atoms with E-state index in [1.807, 2.05) is 54.8 Å². The molecule has 0 aliphatic carbocycles. The molecule has 0 atom stereocenters. The zero-order valence-corrected chi connectivity index (χ0v) is 15.1. The molecule has 2 N–H and O–H groups in total. The minimum Gasteiger partial charge on any atom is -0.399 e. The molecule has 0 saturated heterocycles. The number of anilines is 1. The van der Waals surface area contributed by atoms with Gasteiger partial charge in [0.1, 0.15) is 4.70 Å². The van der Waals surface area contributed by atoms with Crippen LogP contribution < -0.4 is 11.3 Å². The van der Waals surface area contributed by atoms with Crippen LogP contribution in [0.25, 0.3) is 26.3 Å². The third-order valence-corrected chi connectivity index (χ3v) is 5.71. The third kappa shape index (κ3) is 2.83. The highest BCUT2D eigenvalue weighted by molar-refractivity contribution is 7.98. The molecule has 4 aromatic rings. The van der Waals surface area contributed by atoms with E-state index in [2.05, 4.69) is 0 Å². The summed E-state index contributed by atoms with van der Waals surface area (Å²) in [6.07, 6.45) is 1.92. The molecule has 4 nitrogen and oxygen atoms in total. The van der Waals surface area contributed by atoms with Crippen molar-refractivity contribution in [2.24, 2.45) is 0 Å². The Labute approximate surface area is 153 Å². The number of nitrogens with two attached hydrogens (primary N) is 1. The van der Waals surface area contributed by atoms with Crippen molar-refractivity contribution in [3.8, 4) is 16.1 Å². The molecule has 0 unspecified atom stereocenters. The van der Waals surface area contributed by atoms with E-state index in [1.54, 1.807) is 16.7 Å². The molecule has 0 aliphatic rings. The van der Waals surface area contributed by atoms with E-state index in [4.69, 9.17) is 10.7 Å². The number of benzene rings is 2. The fourth-order valence-corrected chi connectivity index (χ4v) is 4.28. The lowest BCUT2D eigenvalue weighted by Gasteiger charge is -2.10. The molecular formula is C19H15N3OS2. The molecule has 2 heterocycles. The summed E-state index contributed by atoms with van der Waals surface area (Å²) in [5.74, 6) is 0. The standard InChI is InChI=1S/C19H15N3OS2/c1-24-19-21-15-11-16(12-5-3-2-4-6-12)25-17(15)18(23)22(19)14-9-7-13(20)8-10-14/h2-11H,20H2,1H3. The topological polar surface area (TPSA) is 60.9 Å². The average Bonchev–Trinajstić information content (AvgIpc) is 3.08. The number of rotatable bonds is 3.